The summed E-state index contributed by atoms with van der Waals surface area (Å²) in [7, 11) is 0. The monoisotopic (exact) mass is 301 g/mol. The lowest BCUT2D eigenvalue weighted by Gasteiger charge is -2.20. The Morgan fingerprint density at radius 3 is 2.64 bits per heavy atom. The summed E-state index contributed by atoms with van der Waals surface area (Å²) in [6.07, 6.45) is 7.42. The topological polar surface area (TPSA) is 21.7 Å². The second-order valence-corrected chi connectivity index (χ2v) is 5.98. The molecule has 0 N–H and O–H groups in total. The number of hydrogen-bond donors (Lipinski definition) is 0. The van der Waals surface area contributed by atoms with Crippen LogP contribution in [0.2, 0.25) is 0 Å². The molecule has 0 amide bonds. The maximum atomic E-state index is 5.44. The highest BCUT2D eigenvalue weighted by Crippen LogP contribution is 2.33. The van der Waals surface area contributed by atoms with Gasteiger partial charge < -0.3 is 9.47 Å². The molecule has 0 fully saturated rings. The van der Waals surface area contributed by atoms with E-state index in [2.05, 4.69) is 37.1 Å². The minimum atomic E-state index is 0.344. The second-order valence-electron chi connectivity index (χ2n) is 5.98. The molecule has 0 bridgehead atoms. The van der Waals surface area contributed by atoms with Gasteiger partial charge in [-0.2, -0.15) is 0 Å². The van der Waals surface area contributed by atoms with Crippen LogP contribution in [0.25, 0.3) is 0 Å². The van der Waals surface area contributed by atoms with Crippen molar-refractivity contribution in [3.05, 3.63) is 49.1 Å². The molecule has 1 aromatic carbocycles. The first kappa shape index (κ1) is 16.6. The zero-order valence-electron chi connectivity index (χ0n) is 13.6. The molecule has 0 saturated heterocycles. The molecular formula is C19H27NO2. The molecule has 0 aromatic heterocycles. The first-order valence-electron chi connectivity index (χ1n) is 8.05. The highest BCUT2D eigenvalue weighted by molar-refractivity contribution is 5.44. The summed E-state index contributed by atoms with van der Waals surface area (Å²) >= 11 is 0. The molecule has 22 heavy (non-hydrogen) atoms. The van der Waals surface area contributed by atoms with Crippen molar-refractivity contribution in [3.8, 4) is 11.5 Å². The Morgan fingerprint density at radius 2 is 1.91 bits per heavy atom. The fourth-order valence-corrected chi connectivity index (χ4v) is 2.86. The molecule has 0 radical (unpaired) electrons. The van der Waals surface area contributed by atoms with Gasteiger partial charge in [-0.15, -0.1) is 13.2 Å². The molecule has 1 aliphatic rings. The Bertz CT molecular complexity index is 488. The normalized spacial score (nSPS) is 14.1. The van der Waals surface area contributed by atoms with Gasteiger partial charge in [0.05, 0.1) is 0 Å². The van der Waals surface area contributed by atoms with Crippen LogP contribution >= 0.6 is 0 Å². The fourth-order valence-electron chi connectivity index (χ4n) is 2.86. The number of ether oxygens (including phenoxy) is 2. The van der Waals surface area contributed by atoms with E-state index in [0.29, 0.717) is 12.7 Å². The molecule has 1 unspecified atom stereocenters. The summed E-state index contributed by atoms with van der Waals surface area (Å²) in [5.41, 5.74) is 1.32. The average molecular weight is 301 g/mol. The van der Waals surface area contributed by atoms with Gasteiger partial charge in [-0.3, -0.25) is 4.90 Å². The molecule has 1 aromatic rings. The summed E-state index contributed by atoms with van der Waals surface area (Å²) in [6, 6.07) is 6.27. The highest BCUT2D eigenvalue weighted by Gasteiger charge is 2.14. The zero-order chi connectivity index (χ0) is 15.8. The minimum absolute atomic E-state index is 0.344. The molecule has 0 aliphatic carbocycles. The Balaban J connectivity index is 1.74. The Hall–Kier alpha value is -1.74. The number of rotatable bonds is 10. The Morgan fingerprint density at radius 1 is 1.18 bits per heavy atom. The minimum Gasteiger partial charge on any atom is -0.454 e. The van der Waals surface area contributed by atoms with E-state index in [1.807, 2.05) is 18.2 Å². The van der Waals surface area contributed by atoms with Crippen LogP contribution < -0.4 is 9.47 Å². The van der Waals surface area contributed by atoms with Gasteiger partial charge in [-0.25, -0.2) is 0 Å². The van der Waals surface area contributed by atoms with Gasteiger partial charge >= 0.3 is 0 Å². The van der Waals surface area contributed by atoms with Crippen molar-refractivity contribution in [2.24, 2.45) is 5.92 Å². The van der Waals surface area contributed by atoms with Gasteiger partial charge in [0.2, 0.25) is 6.79 Å². The molecule has 0 saturated carbocycles. The fraction of sp³-hybridized carbons (Fsp3) is 0.474. The summed E-state index contributed by atoms with van der Waals surface area (Å²) in [4.78, 5) is 2.37. The third kappa shape index (κ3) is 4.92. The van der Waals surface area contributed by atoms with Crippen LogP contribution in [0.4, 0.5) is 0 Å². The molecule has 3 heteroatoms. The highest BCUT2D eigenvalue weighted by atomic mass is 16.7. The van der Waals surface area contributed by atoms with Crippen molar-refractivity contribution in [2.75, 3.05) is 26.4 Å². The first-order chi connectivity index (χ1) is 10.7. The van der Waals surface area contributed by atoms with Gasteiger partial charge in [0.25, 0.3) is 0 Å². The van der Waals surface area contributed by atoms with Crippen LogP contribution in [0.1, 0.15) is 25.3 Å². The number of hydrogen-bond acceptors (Lipinski definition) is 3. The van der Waals surface area contributed by atoms with E-state index in [1.165, 1.54) is 18.4 Å². The van der Waals surface area contributed by atoms with Gasteiger partial charge in [0, 0.05) is 13.1 Å². The maximum absolute atomic E-state index is 5.44. The number of fused-ring (bicyclic) bond motifs is 1. The lowest BCUT2D eigenvalue weighted by atomic mass is 9.96. The van der Waals surface area contributed by atoms with E-state index in [4.69, 9.17) is 9.47 Å². The largest absolute Gasteiger partial charge is 0.454 e. The number of benzene rings is 1. The summed E-state index contributed by atoms with van der Waals surface area (Å²) in [5, 5.41) is 0. The van der Waals surface area contributed by atoms with Crippen molar-refractivity contribution < 1.29 is 9.47 Å². The van der Waals surface area contributed by atoms with Crippen LogP contribution in [0, 0.1) is 5.92 Å². The van der Waals surface area contributed by atoms with Crippen molar-refractivity contribution in [2.45, 2.75) is 26.2 Å². The summed E-state index contributed by atoms with van der Waals surface area (Å²) in [5.74, 6) is 2.41. The maximum Gasteiger partial charge on any atom is 0.231 e. The van der Waals surface area contributed by atoms with Crippen LogP contribution in [0.5, 0.6) is 11.5 Å². The Labute approximate surface area is 134 Å². The number of nitrogens with zero attached hydrogens (tertiary/aromatic N) is 1. The van der Waals surface area contributed by atoms with Gasteiger partial charge in [-0.1, -0.05) is 25.1 Å². The molecule has 120 valence electrons. The van der Waals surface area contributed by atoms with Crippen molar-refractivity contribution >= 4 is 0 Å². The predicted octanol–water partition coefficient (Wildman–Crippen LogP) is 4.05. The molecule has 1 atom stereocenters. The molecule has 2 rings (SSSR count). The Kier molecular flexibility index (Phi) is 6.53. The van der Waals surface area contributed by atoms with E-state index in [-0.39, 0.29) is 0 Å². The van der Waals surface area contributed by atoms with E-state index in [9.17, 15) is 0 Å². The van der Waals surface area contributed by atoms with Crippen LogP contribution in [-0.2, 0) is 6.42 Å². The van der Waals surface area contributed by atoms with Crippen molar-refractivity contribution in [1.82, 2.24) is 4.90 Å². The summed E-state index contributed by atoms with van der Waals surface area (Å²) in [6.45, 7) is 13.3. The van der Waals surface area contributed by atoms with E-state index in [1.54, 1.807) is 0 Å². The standard InChI is InChI=1S/C19H27NO2/c1-4-10-20(11-5-2)12-6-7-16(3)13-17-8-9-18-19(14-17)22-15-21-18/h4-5,8-9,14,16H,1-2,6-7,10-13,15H2,3H3. The lowest BCUT2D eigenvalue weighted by molar-refractivity contribution is 0.174. The van der Waals surface area contributed by atoms with Gasteiger partial charge in [0.1, 0.15) is 0 Å². The second kappa shape index (κ2) is 8.64. The molecule has 0 spiro atoms. The smallest absolute Gasteiger partial charge is 0.231 e. The SMILES string of the molecule is C=CCN(CC=C)CCCC(C)Cc1ccc2c(c1)OCO2. The lowest BCUT2D eigenvalue weighted by Crippen LogP contribution is -2.25. The first-order valence-corrected chi connectivity index (χ1v) is 8.05. The third-order valence-corrected chi connectivity index (χ3v) is 3.97. The van der Waals surface area contributed by atoms with Gasteiger partial charge in [-0.05, 0) is 49.4 Å². The van der Waals surface area contributed by atoms with Crippen LogP contribution in [-0.4, -0.2) is 31.3 Å². The van der Waals surface area contributed by atoms with Crippen LogP contribution in [0.15, 0.2) is 43.5 Å². The quantitative estimate of drug-likeness (QED) is 0.609. The predicted molar refractivity (Wildman–Crippen MR) is 91.5 cm³/mol. The average Bonchev–Trinajstić information content (AvgIpc) is 2.95. The molecule has 1 aliphatic heterocycles. The van der Waals surface area contributed by atoms with Crippen LogP contribution in [0.3, 0.4) is 0 Å². The van der Waals surface area contributed by atoms with Gasteiger partial charge in [0.15, 0.2) is 11.5 Å². The van der Waals surface area contributed by atoms with Crippen molar-refractivity contribution in [1.29, 1.82) is 0 Å². The van der Waals surface area contributed by atoms with E-state index < -0.39 is 0 Å². The van der Waals surface area contributed by atoms with E-state index >= 15 is 0 Å². The summed E-state index contributed by atoms with van der Waals surface area (Å²) < 4.78 is 10.8. The zero-order valence-corrected chi connectivity index (χ0v) is 13.6. The molecule has 3 nitrogen and oxygen atoms in total. The van der Waals surface area contributed by atoms with E-state index in [0.717, 1.165) is 37.6 Å². The van der Waals surface area contributed by atoms with Crippen molar-refractivity contribution in [3.63, 3.8) is 0 Å². The third-order valence-electron chi connectivity index (χ3n) is 3.97. The molecule has 1 heterocycles. The molecular weight excluding hydrogens is 274 g/mol.